The zero-order chi connectivity index (χ0) is 18.8. The summed E-state index contributed by atoms with van der Waals surface area (Å²) < 4.78 is 27.0. The van der Waals surface area contributed by atoms with E-state index in [1.807, 2.05) is 0 Å². The van der Waals surface area contributed by atoms with Gasteiger partial charge < -0.3 is 5.32 Å². The molecule has 1 aliphatic rings. The van der Waals surface area contributed by atoms with Crippen LogP contribution in [0.15, 0.2) is 42.5 Å². The zero-order valence-electron chi connectivity index (χ0n) is 14.4. The molecule has 0 saturated heterocycles. The van der Waals surface area contributed by atoms with Gasteiger partial charge in [0.1, 0.15) is 18.2 Å². The van der Waals surface area contributed by atoms with Gasteiger partial charge >= 0.3 is 0 Å². The lowest BCUT2D eigenvalue weighted by Crippen LogP contribution is -2.50. The Hall–Kier alpha value is -2.80. The number of hydrogen-bond acceptors (Lipinski definition) is 3. The second-order valence-corrected chi connectivity index (χ2v) is 6.27. The molecule has 5 nitrogen and oxygen atoms in total. The van der Waals surface area contributed by atoms with E-state index in [0.717, 1.165) is 6.07 Å². The van der Waals surface area contributed by atoms with Crippen LogP contribution in [0.3, 0.4) is 0 Å². The van der Waals surface area contributed by atoms with Gasteiger partial charge in [0.05, 0.1) is 17.4 Å². The summed E-state index contributed by atoms with van der Waals surface area (Å²) in [6.45, 7) is 3.26. The van der Waals surface area contributed by atoms with Crippen molar-refractivity contribution in [3.63, 3.8) is 0 Å². The Morgan fingerprint density at radius 1 is 1.19 bits per heavy atom. The van der Waals surface area contributed by atoms with E-state index in [2.05, 4.69) is 10.6 Å². The smallest absolute Gasteiger partial charge is 0.244 e. The first kappa shape index (κ1) is 18.0. The lowest BCUT2D eigenvalue weighted by molar-refractivity contribution is -0.123. The minimum Gasteiger partial charge on any atom is -0.323 e. The molecule has 2 aromatic carbocycles. The van der Waals surface area contributed by atoms with Gasteiger partial charge in [0, 0.05) is 17.7 Å². The van der Waals surface area contributed by atoms with Gasteiger partial charge in [0.2, 0.25) is 11.8 Å². The molecule has 2 aromatic rings. The largest absolute Gasteiger partial charge is 0.323 e. The van der Waals surface area contributed by atoms with Gasteiger partial charge in [-0.2, -0.15) is 0 Å². The monoisotopic (exact) mass is 359 g/mol. The summed E-state index contributed by atoms with van der Waals surface area (Å²) >= 11 is 0. The Labute approximate surface area is 150 Å². The molecule has 0 bridgehead atoms. The van der Waals surface area contributed by atoms with E-state index >= 15 is 0 Å². The maximum absolute atomic E-state index is 13.9. The lowest BCUT2D eigenvalue weighted by Gasteiger charge is -2.32. The number of hydrogen-bond donors (Lipinski definition) is 2. The van der Waals surface area contributed by atoms with Gasteiger partial charge in [-0.1, -0.05) is 18.2 Å². The molecule has 0 unspecified atom stereocenters. The molecule has 1 aliphatic heterocycles. The van der Waals surface area contributed by atoms with Crippen LogP contribution in [0.2, 0.25) is 0 Å². The molecule has 0 saturated carbocycles. The Morgan fingerprint density at radius 3 is 2.65 bits per heavy atom. The van der Waals surface area contributed by atoms with Crippen LogP contribution < -0.4 is 15.5 Å². The molecule has 26 heavy (non-hydrogen) atoms. The quantitative estimate of drug-likeness (QED) is 0.882. The van der Waals surface area contributed by atoms with Crippen molar-refractivity contribution >= 4 is 23.2 Å². The van der Waals surface area contributed by atoms with Crippen molar-refractivity contribution in [2.24, 2.45) is 0 Å². The number of carbonyl (C=O) groups is 2. The average molecular weight is 359 g/mol. The standard InChI is InChI=1S/C19H19F2N3O2/c1-11(14-8-7-13(20)9-15(14)21)22-12(2)19(26)24-10-18(25)23-16-5-3-4-6-17(16)24/h3-9,11-12,22H,10H2,1-2H3,(H,23,25)/t11-,12+/m1/s1. The van der Waals surface area contributed by atoms with E-state index in [-0.39, 0.29) is 23.9 Å². The molecular weight excluding hydrogens is 340 g/mol. The van der Waals surface area contributed by atoms with Crippen molar-refractivity contribution in [1.82, 2.24) is 5.32 Å². The highest BCUT2D eigenvalue weighted by molar-refractivity contribution is 6.11. The van der Waals surface area contributed by atoms with Crippen LogP contribution in [-0.2, 0) is 9.59 Å². The fraction of sp³-hybridized carbons (Fsp3) is 0.263. The van der Waals surface area contributed by atoms with Crippen LogP contribution in [0.4, 0.5) is 20.2 Å². The number of carbonyl (C=O) groups excluding carboxylic acids is 2. The summed E-state index contributed by atoms with van der Waals surface area (Å²) in [5.74, 6) is -1.91. The van der Waals surface area contributed by atoms with E-state index in [0.29, 0.717) is 11.4 Å². The number of benzene rings is 2. The molecule has 0 radical (unpaired) electrons. The van der Waals surface area contributed by atoms with E-state index in [1.54, 1.807) is 38.1 Å². The van der Waals surface area contributed by atoms with Crippen molar-refractivity contribution in [3.05, 3.63) is 59.7 Å². The first-order valence-electron chi connectivity index (χ1n) is 8.28. The third kappa shape index (κ3) is 3.57. The minimum atomic E-state index is -0.674. The van der Waals surface area contributed by atoms with Crippen molar-refractivity contribution in [2.75, 3.05) is 16.8 Å². The van der Waals surface area contributed by atoms with Gasteiger partial charge in [-0.05, 0) is 32.0 Å². The van der Waals surface area contributed by atoms with Crippen molar-refractivity contribution < 1.29 is 18.4 Å². The summed E-state index contributed by atoms with van der Waals surface area (Å²) in [7, 11) is 0. The van der Waals surface area contributed by atoms with E-state index in [1.165, 1.54) is 17.0 Å². The second-order valence-electron chi connectivity index (χ2n) is 6.27. The highest BCUT2D eigenvalue weighted by atomic mass is 19.1. The van der Waals surface area contributed by atoms with Crippen LogP contribution in [0, 0.1) is 11.6 Å². The molecule has 0 aliphatic carbocycles. The fourth-order valence-electron chi connectivity index (χ4n) is 3.05. The summed E-state index contributed by atoms with van der Waals surface area (Å²) in [6, 6.07) is 9.18. The van der Waals surface area contributed by atoms with Crippen LogP contribution in [0.1, 0.15) is 25.5 Å². The Balaban J connectivity index is 1.77. The highest BCUT2D eigenvalue weighted by Crippen LogP contribution is 2.29. The molecule has 136 valence electrons. The summed E-state index contributed by atoms with van der Waals surface area (Å²) in [5, 5.41) is 5.74. The third-order valence-corrected chi connectivity index (χ3v) is 4.34. The predicted molar refractivity (Wildman–Crippen MR) is 94.8 cm³/mol. The van der Waals surface area contributed by atoms with Crippen molar-refractivity contribution in [1.29, 1.82) is 0 Å². The number of nitrogens with zero attached hydrogens (tertiary/aromatic N) is 1. The second kappa shape index (κ2) is 7.21. The third-order valence-electron chi connectivity index (χ3n) is 4.34. The van der Waals surface area contributed by atoms with Gasteiger partial charge in [-0.3, -0.25) is 19.8 Å². The summed E-state index contributed by atoms with van der Waals surface area (Å²) in [6.07, 6.45) is 0. The first-order valence-corrected chi connectivity index (χ1v) is 8.28. The van der Waals surface area contributed by atoms with E-state index in [4.69, 9.17) is 0 Å². The zero-order valence-corrected chi connectivity index (χ0v) is 14.4. The molecule has 3 rings (SSSR count). The molecule has 2 amide bonds. The van der Waals surface area contributed by atoms with Crippen LogP contribution in [0.5, 0.6) is 0 Å². The molecule has 1 heterocycles. The highest BCUT2D eigenvalue weighted by Gasteiger charge is 2.30. The summed E-state index contributed by atoms with van der Waals surface area (Å²) in [5.41, 5.74) is 1.45. The van der Waals surface area contributed by atoms with Gasteiger partial charge in [-0.25, -0.2) is 8.78 Å². The van der Waals surface area contributed by atoms with Crippen molar-refractivity contribution in [3.8, 4) is 0 Å². The minimum absolute atomic E-state index is 0.0822. The first-order chi connectivity index (χ1) is 12.4. The van der Waals surface area contributed by atoms with E-state index in [9.17, 15) is 18.4 Å². The predicted octanol–water partition coefficient (Wildman–Crippen LogP) is 2.99. The molecule has 0 spiro atoms. The van der Waals surface area contributed by atoms with Gasteiger partial charge in [0.25, 0.3) is 0 Å². The molecule has 0 fully saturated rings. The molecule has 0 aromatic heterocycles. The number of rotatable bonds is 4. The number of para-hydroxylation sites is 2. The maximum atomic E-state index is 13.9. The van der Waals surface area contributed by atoms with Crippen molar-refractivity contribution in [2.45, 2.75) is 25.9 Å². The van der Waals surface area contributed by atoms with Crippen LogP contribution >= 0.6 is 0 Å². The molecule has 2 atom stereocenters. The normalized spacial score (nSPS) is 15.8. The number of anilines is 2. The molecule has 2 N–H and O–H groups in total. The maximum Gasteiger partial charge on any atom is 0.244 e. The van der Waals surface area contributed by atoms with Gasteiger partial charge in [0.15, 0.2) is 0 Å². The number of fused-ring (bicyclic) bond motifs is 1. The Morgan fingerprint density at radius 2 is 1.92 bits per heavy atom. The SMILES string of the molecule is C[C@H](N[C@H](C)c1ccc(F)cc1F)C(=O)N1CC(=O)Nc2ccccc21. The number of amides is 2. The Bertz CT molecular complexity index is 856. The fourth-order valence-corrected chi connectivity index (χ4v) is 3.05. The van der Waals surface area contributed by atoms with E-state index < -0.39 is 23.7 Å². The van der Waals surface area contributed by atoms with Crippen LogP contribution in [-0.4, -0.2) is 24.4 Å². The molecule has 7 heteroatoms. The topological polar surface area (TPSA) is 61.4 Å². The number of nitrogens with one attached hydrogen (secondary N) is 2. The van der Waals surface area contributed by atoms with Gasteiger partial charge in [-0.15, -0.1) is 0 Å². The van der Waals surface area contributed by atoms with Crippen LogP contribution in [0.25, 0.3) is 0 Å². The Kier molecular flexibility index (Phi) is 4.99. The molecular formula is C19H19F2N3O2. The average Bonchev–Trinajstić information content (AvgIpc) is 2.60. The lowest BCUT2D eigenvalue weighted by atomic mass is 10.1. The number of halogens is 2. The summed E-state index contributed by atoms with van der Waals surface area (Å²) in [4.78, 5) is 26.1.